The molecule has 106 valence electrons. The minimum Gasteiger partial charge on any atom is -0.480 e. The number of aliphatic carboxylic acids is 1. The molecule has 3 atom stereocenters. The molecule has 1 N–H and O–H groups in total. The molecule has 0 radical (unpaired) electrons. The van der Waals surface area contributed by atoms with Crippen molar-refractivity contribution >= 4 is 12.1 Å². The second-order valence-corrected chi connectivity index (χ2v) is 5.44. The topological polar surface area (TPSA) is 66.8 Å². The van der Waals surface area contributed by atoms with Crippen LogP contribution in [0.4, 0.5) is 4.79 Å². The van der Waals surface area contributed by atoms with Gasteiger partial charge in [-0.1, -0.05) is 30.3 Å². The van der Waals surface area contributed by atoms with E-state index in [1.807, 2.05) is 30.3 Å². The number of likely N-dealkylation sites (tertiary alicyclic amines) is 1. The summed E-state index contributed by atoms with van der Waals surface area (Å²) in [6, 6.07) is 8.72. The Hall–Kier alpha value is -2.04. The van der Waals surface area contributed by atoms with Crippen molar-refractivity contribution in [2.75, 3.05) is 0 Å². The molecule has 2 fully saturated rings. The van der Waals surface area contributed by atoms with Crippen molar-refractivity contribution in [3.63, 3.8) is 0 Å². The number of benzene rings is 1. The van der Waals surface area contributed by atoms with Gasteiger partial charge < -0.3 is 9.84 Å². The number of carboxylic acid groups (broad SMARTS) is 1. The van der Waals surface area contributed by atoms with Crippen LogP contribution < -0.4 is 0 Å². The molecule has 1 aliphatic carbocycles. The predicted molar refractivity (Wildman–Crippen MR) is 71.0 cm³/mol. The Labute approximate surface area is 117 Å². The molecule has 0 spiro atoms. The highest BCUT2D eigenvalue weighted by Gasteiger charge is 2.52. The summed E-state index contributed by atoms with van der Waals surface area (Å²) < 4.78 is 5.27. The summed E-state index contributed by atoms with van der Waals surface area (Å²) in [4.78, 5) is 24.9. The second-order valence-electron chi connectivity index (χ2n) is 5.44. The number of carboxylic acids is 1. The number of carbonyl (C=O) groups excluding carboxylic acids is 1. The van der Waals surface area contributed by atoms with Crippen molar-refractivity contribution in [3.05, 3.63) is 35.9 Å². The van der Waals surface area contributed by atoms with Crippen LogP contribution in [0.15, 0.2) is 30.3 Å². The number of hydrogen-bond acceptors (Lipinski definition) is 3. The van der Waals surface area contributed by atoms with Crippen LogP contribution >= 0.6 is 0 Å². The van der Waals surface area contributed by atoms with Crippen molar-refractivity contribution in [2.45, 2.75) is 38.0 Å². The summed E-state index contributed by atoms with van der Waals surface area (Å²) in [6.07, 6.45) is 1.82. The molecule has 3 unspecified atom stereocenters. The molecule has 3 rings (SSSR count). The molecule has 1 aromatic carbocycles. The number of fused-ring (bicyclic) bond motifs is 1. The van der Waals surface area contributed by atoms with Gasteiger partial charge in [-0.05, 0) is 30.7 Å². The van der Waals surface area contributed by atoms with Gasteiger partial charge in [0.1, 0.15) is 12.6 Å². The fraction of sp³-hybridized carbons (Fsp3) is 0.467. The smallest absolute Gasteiger partial charge is 0.411 e. The average molecular weight is 275 g/mol. The van der Waals surface area contributed by atoms with Crippen LogP contribution in [0.5, 0.6) is 0 Å². The first kappa shape index (κ1) is 13.0. The summed E-state index contributed by atoms with van der Waals surface area (Å²) in [5.74, 6) is -0.470. The van der Waals surface area contributed by atoms with Gasteiger partial charge in [0.2, 0.25) is 0 Å². The van der Waals surface area contributed by atoms with Gasteiger partial charge in [0, 0.05) is 6.04 Å². The molecule has 1 amide bonds. The summed E-state index contributed by atoms with van der Waals surface area (Å²) >= 11 is 0. The number of ether oxygens (including phenoxy) is 1. The van der Waals surface area contributed by atoms with E-state index >= 15 is 0 Å². The third kappa shape index (κ3) is 2.48. The predicted octanol–water partition coefficient (Wildman–Crippen LogP) is 2.26. The molecule has 1 aromatic rings. The van der Waals surface area contributed by atoms with Crippen LogP contribution in [-0.2, 0) is 16.1 Å². The first-order valence-corrected chi connectivity index (χ1v) is 6.88. The highest BCUT2D eigenvalue weighted by molar-refractivity contribution is 5.81. The summed E-state index contributed by atoms with van der Waals surface area (Å²) in [6.45, 7) is 0.180. The van der Waals surface area contributed by atoms with Gasteiger partial charge in [-0.15, -0.1) is 0 Å². The van der Waals surface area contributed by atoms with E-state index in [1.54, 1.807) is 0 Å². The second kappa shape index (κ2) is 5.15. The van der Waals surface area contributed by atoms with Crippen LogP contribution in [0, 0.1) is 5.92 Å². The van der Waals surface area contributed by atoms with Crippen molar-refractivity contribution in [1.29, 1.82) is 0 Å². The molecule has 0 aromatic heterocycles. The molecule has 1 heterocycles. The lowest BCUT2D eigenvalue weighted by Gasteiger charge is -2.31. The normalized spacial score (nSPS) is 27.6. The third-order valence-corrected chi connectivity index (χ3v) is 4.09. The fourth-order valence-corrected chi connectivity index (χ4v) is 2.92. The van der Waals surface area contributed by atoms with Gasteiger partial charge in [0.25, 0.3) is 0 Å². The van der Waals surface area contributed by atoms with Crippen molar-refractivity contribution < 1.29 is 19.4 Å². The number of rotatable bonds is 3. The minimum atomic E-state index is -0.938. The Kier molecular flexibility index (Phi) is 3.34. The van der Waals surface area contributed by atoms with Crippen molar-refractivity contribution in [3.8, 4) is 0 Å². The lowest BCUT2D eigenvalue weighted by molar-refractivity contribution is -0.144. The minimum absolute atomic E-state index is 0.0631. The van der Waals surface area contributed by atoms with Crippen molar-refractivity contribution in [1.82, 2.24) is 4.90 Å². The van der Waals surface area contributed by atoms with Gasteiger partial charge in [-0.2, -0.15) is 0 Å². The molecule has 5 heteroatoms. The molecule has 5 nitrogen and oxygen atoms in total. The molecule has 1 saturated heterocycles. The number of piperidine rings is 1. The van der Waals surface area contributed by atoms with E-state index in [2.05, 4.69) is 0 Å². The zero-order valence-electron chi connectivity index (χ0n) is 11.1. The largest absolute Gasteiger partial charge is 0.480 e. The first-order chi connectivity index (χ1) is 9.66. The number of amides is 1. The maximum absolute atomic E-state index is 12.2. The van der Waals surface area contributed by atoms with Gasteiger partial charge in [-0.3, -0.25) is 4.90 Å². The molecular weight excluding hydrogens is 258 g/mol. The zero-order valence-corrected chi connectivity index (χ0v) is 11.1. The Bertz CT molecular complexity index is 516. The van der Waals surface area contributed by atoms with Crippen molar-refractivity contribution in [2.24, 2.45) is 5.92 Å². The molecular formula is C15H17NO4. The van der Waals surface area contributed by atoms with Gasteiger partial charge in [0.05, 0.1) is 0 Å². The van der Waals surface area contributed by atoms with E-state index in [0.717, 1.165) is 18.4 Å². The maximum atomic E-state index is 12.2. The van der Waals surface area contributed by atoms with Crippen LogP contribution in [0.25, 0.3) is 0 Å². The Morgan fingerprint density at radius 2 is 2.00 bits per heavy atom. The van der Waals surface area contributed by atoms with E-state index < -0.39 is 18.1 Å². The van der Waals surface area contributed by atoms with E-state index in [0.29, 0.717) is 12.3 Å². The molecule has 20 heavy (non-hydrogen) atoms. The lowest BCUT2D eigenvalue weighted by atomic mass is 10.0. The van der Waals surface area contributed by atoms with E-state index in [1.165, 1.54) is 4.90 Å². The number of nitrogens with zero attached hydrogens (tertiary/aromatic N) is 1. The Balaban J connectivity index is 1.64. The average Bonchev–Trinajstić information content (AvgIpc) is 3.24. The van der Waals surface area contributed by atoms with E-state index in [9.17, 15) is 14.7 Å². The van der Waals surface area contributed by atoms with E-state index in [-0.39, 0.29) is 12.6 Å². The van der Waals surface area contributed by atoms with E-state index in [4.69, 9.17) is 4.74 Å². The van der Waals surface area contributed by atoms with Crippen LogP contribution in [0.3, 0.4) is 0 Å². The number of hydrogen-bond donors (Lipinski definition) is 1. The fourth-order valence-electron chi connectivity index (χ4n) is 2.92. The van der Waals surface area contributed by atoms with Crippen LogP contribution in [0.2, 0.25) is 0 Å². The van der Waals surface area contributed by atoms with Gasteiger partial charge in [0.15, 0.2) is 0 Å². The standard InChI is InChI=1S/C15H17NO4/c17-14(18)12-7-6-11-8-13(11)16(12)15(19)20-9-10-4-2-1-3-5-10/h1-5,11-13H,6-9H2,(H,17,18). The maximum Gasteiger partial charge on any atom is 0.411 e. The number of carbonyl (C=O) groups is 2. The summed E-state index contributed by atoms with van der Waals surface area (Å²) in [5, 5.41) is 9.23. The quantitative estimate of drug-likeness (QED) is 0.918. The summed E-state index contributed by atoms with van der Waals surface area (Å²) in [5.41, 5.74) is 0.900. The molecule has 0 bridgehead atoms. The summed E-state index contributed by atoms with van der Waals surface area (Å²) in [7, 11) is 0. The third-order valence-electron chi connectivity index (χ3n) is 4.09. The van der Waals surface area contributed by atoms with Gasteiger partial charge >= 0.3 is 12.1 Å². The highest BCUT2D eigenvalue weighted by Crippen LogP contribution is 2.45. The Morgan fingerprint density at radius 3 is 2.70 bits per heavy atom. The monoisotopic (exact) mass is 275 g/mol. The lowest BCUT2D eigenvalue weighted by Crippen LogP contribution is -2.49. The highest BCUT2D eigenvalue weighted by atomic mass is 16.6. The molecule has 2 aliphatic rings. The Morgan fingerprint density at radius 1 is 1.25 bits per heavy atom. The van der Waals surface area contributed by atoms with Gasteiger partial charge in [-0.25, -0.2) is 9.59 Å². The van der Waals surface area contributed by atoms with Crippen LogP contribution in [-0.4, -0.2) is 34.2 Å². The molecule has 1 aliphatic heterocycles. The SMILES string of the molecule is O=C(O)C1CCC2CC2N1C(=O)OCc1ccccc1. The first-order valence-electron chi connectivity index (χ1n) is 6.88. The van der Waals surface area contributed by atoms with Crippen LogP contribution in [0.1, 0.15) is 24.8 Å². The zero-order chi connectivity index (χ0) is 14.1. The molecule has 1 saturated carbocycles.